The quantitative estimate of drug-likeness (QED) is 0.278. The minimum absolute atomic E-state index is 0. The van der Waals surface area contributed by atoms with Crippen molar-refractivity contribution >= 4 is 0 Å². The molecule has 2 bridgehead atoms. The standard InChI is InChI=1S/C7H10.Li.H/c1-2-7-4-3-6(1)5-7;;/h1,7H,2-5H2;;/q;+1;-1. The van der Waals surface area contributed by atoms with Crippen LogP contribution in [0.2, 0.25) is 0 Å². The molecule has 40 valence electrons. The van der Waals surface area contributed by atoms with Gasteiger partial charge in [-0.25, -0.2) is 0 Å². The molecule has 0 amide bonds. The van der Waals surface area contributed by atoms with Gasteiger partial charge in [0.25, 0.3) is 0 Å². The van der Waals surface area contributed by atoms with Crippen molar-refractivity contribution in [3.05, 3.63) is 11.6 Å². The Morgan fingerprint density at radius 1 is 1.62 bits per heavy atom. The van der Waals surface area contributed by atoms with Crippen molar-refractivity contribution in [2.75, 3.05) is 0 Å². The second-order valence-electron chi connectivity index (χ2n) is 2.71. The van der Waals surface area contributed by atoms with Gasteiger partial charge in [-0.2, -0.15) is 0 Å². The van der Waals surface area contributed by atoms with Gasteiger partial charge in [0.15, 0.2) is 0 Å². The van der Waals surface area contributed by atoms with Crippen LogP contribution in [0.15, 0.2) is 11.6 Å². The Balaban J connectivity index is 0.000000320. The Hall–Kier alpha value is 0.337. The summed E-state index contributed by atoms with van der Waals surface area (Å²) in [6.07, 6.45) is 8.18. The van der Waals surface area contributed by atoms with E-state index in [0.29, 0.717) is 0 Å². The first kappa shape index (κ1) is 6.46. The van der Waals surface area contributed by atoms with E-state index in [1.54, 1.807) is 5.57 Å². The fourth-order valence-electron chi connectivity index (χ4n) is 1.68. The first-order chi connectivity index (χ1) is 3.45. The summed E-state index contributed by atoms with van der Waals surface area (Å²) in [5, 5.41) is 0. The molecule has 0 aromatic carbocycles. The molecule has 1 unspecified atom stereocenters. The van der Waals surface area contributed by atoms with Gasteiger partial charge in [-0.15, -0.1) is 0 Å². The Kier molecular flexibility index (Phi) is 1.85. The van der Waals surface area contributed by atoms with Crippen molar-refractivity contribution < 1.29 is 20.3 Å². The summed E-state index contributed by atoms with van der Waals surface area (Å²) < 4.78 is 0. The SMILES string of the molecule is C1=C2CCC(C1)C2.[H-].[Li+]. The fraction of sp³-hybridized carbons (Fsp3) is 0.714. The van der Waals surface area contributed by atoms with Gasteiger partial charge in [-0.1, -0.05) is 11.6 Å². The van der Waals surface area contributed by atoms with Crippen LogP contribution >= 0.6 is 0 Å². The molecule has 2 aliphatic rings. The Labute approximate surface area is 64.0 Å². The first-order valence-corrected chi connectivity index (χ1v) is 3.13. The van der Waals surface area contributed by atoms with Crippen molar-refractivity contribution in [2.24, 2.45) is 5.92 Å². The monoisotopic (exact) mass is 102 g/mol. The molecule has 0 nitrogen and oxygen atoms in total. The third kappa shape index (κ3) is 0.878. The molecule has 2 aliphatic carbocycles. The maximum Gasteiger partial charge on any atom is 1.00 e. The molecule has 1 heteroatoms. The zero-order valence-corrected chi connectivity index (χ0v) is 5.48. The van der Waals surface area contributed by atoms with E-state index in [0.717, 1.165) is 5.92 Å². The van der Waals surface area contributed by atoms with E-state index >= 15 is 0 Å². The normalized spacial score (nSPS) is 32.0. The predicted molar refractivity (Wildman–Crippen MR) is 31.2 cm³/mol. The third-order valence-electron chi connectivity index (χ3n) is 2.16. The summed E-state index contributed by atoms with van der Waals surface area (Å²) in [7, 11) is 0. The number of fused-ring (bicyclic) bond motifs is 2. The molecule has 0 saturated heterocycles. The molecular formula is C7H11Li. The topological polar surface area (TPSA) is 0 Å². The van der Waals surface area contributed by atoms with Crippen molar-refractivity contribution in [1.29, 1.82) is 0 Å². The van der Waals surface area contributed by atoms with E-state index in [1.165, 1.54) is 25.7 Å². The largest absolute Gasteiger partial charge is 1.00 e. The molecule has 1 fully saturated rings. The van der Waals surface area contributed by atoms with Crippen molar-refractivity contribution in [3.63, 3.8) is 0 Å². The average Bonchev–Trinajstić information content (AvgIpc) is 2.22. The van der Waals surface area contributed by atoms with Gasteiger partial charge >= 0.3 is 18.9 Å². The molecule has 0 aromatic rings. The van der Waals surface area contributed by atoms with Gasteiger partial charge in [-0.05, 0) is 31.6 Å². The van der Waals surface area contributed by atoms with Gasteiger partial charge in [0, 0.05) is 0 Å². The van der Waals surface area contributed by atoms with Crippen LogP contribution in [0, 0.1) is 5.92 Å². The summed E-state index contributed by atoms with van der Waals surface area (Å²) in [6.45, 7) is 0. The maximum atomic E-state index is 2.42. The van der Waals surface area contributed by atoms with Crippen LogP contribution in [-0.2, 0) is 0 Å². The van der Waals surface area contributed by atoms with Gasteiger partial charge in [0.05, 0.1) is 0 Å². The second kappa shape index (κ2) is 2.29. The van der Waals surface area contributed by atoms with Crippen LogP contribution < -0.4 is 18.9 Å². The fourth-order valence-corrected chi connectivity index (χ4v) is 1.68. The minimum Gasteiger partial charge on any atom is -1.00 e. The van der Waals surface area contributed by atoms with E-state index in [2.05, 4.69) is 6.08 Å². The van der Waals surface area contributed by atoms with Crippen LogP contribution in [0.25, 0.3) is 0 Å². The van der Waals surface area contributed by atoms with Gasteiger partial charge < -0.3 is 1.43 Å². The van der Waals surface area contributed by atoms with Crippen LogP contribution in [-0.4, -0.2) is 0 Å². The Bertz CT molecular complexity index is 120. The molecule has 0 aromatic heterocycles. The van der Waals surface area contributed by atoms with E-state index < -0.39 is 0 Å². The van der Waals surface area contributed by atoms with Gasteiger partial charge in [0.2, 0.25) is 0 Å². The second-order valence-corrected chi connectivity index (χ2v) is 2.71. The maximum absolute atomic E-state index is 2.42. The molecule has 0 radical (unpaired) electrons. The average molecular weight is 102 g/mol. The van der Waals surface area contributed by atoms with Crippen LogP contribution in [0.5, 0.6) is 0 Å². The molecule has 0 aliphatic heterocycles. The molecule has 8 heavy (non-hydrogen) atoms. The molecule has 1 atom stereocenters. The molecule has 0 heterocycles. The van der Waals surface area contributed by atoms with E-state index in [1.807, 2.05) is 0 Å². The third-order valence-corrected chi connectivity index (χ3v) is 2.16. The Morgan fingerprint density at radius 2 is 2.50 bits per heavy atom. The number of allylic oxidation sites excluding steroid dienone is 2. The predicted octanol–water partition coefficient (Wildman–Crippen LogP) is -0.767. The number of rotatable bonds is 0. The van der Waals surface area contributed by atoms with E-state index in [-0.39, 0.29) is 20.3 Å². The van der Waals surface area contributed by atoms with Gasteiger partial charge in [0.1, 0.15) is 0 Å². The zero-order valence-electron chi connectivity index (χ0n) is 6.48. The summed E-state index contributed by atoms with van der Waals surface area (Å²) in [5.41, 5.74) is 1.74. The van der Waals surface area contributed by atoms with Crippen LogP contribution in [0.3, 0.4) is 0 Å². The van der Waals surface area contributed by atoms with Crippen molar-refractivity contribution in [1.82, 2.24) is 0 Å². The molecule has 0 spiro atoms. The van der Waals surface area contributed by atoms with Crippen molar-refractivity contribution in [2.45, 2.75) is 25.7 Å². The minimum atomic E-state index is 0. The Morgan fingerprint density at radius 3 is 2.62 bits per heavy atom. The molecule has 1 saturated carbocycles. The first-order valence-electron chi connectivity index (χ1n) is 3.13. The van der Waals surface area contributed by atoms with Crippen LogP contribution in [0.1, 0.15) is 27.1 Å². The molecule has 0 N–H and O–H groups in total. The van der Waals surface area contributed by atoms with Gasteiger partial charge in [-0.3, -0.25) is 0 Å². The molecular weight excluding hydrogens is 91.0 g/mol. The van der Waals surface area contributed by atoms with Crippen LogP contribution in [0.4, 0.5) is 0 Å². The molecule has 2 rings (SSSR count). The summed E-state index contributed by atoms with van der Waals surface area (Å²) in [5.74, 6) is 1.08. The summed E-state index contributed by atoms with van der Waals surface area (Å²) in [4.78, 5) is 0. The number of hydrogen-bond acceptors (Lipinski definition) is 0. The number of hydrogen-bond donors (Lipinski definition) is 0. The van der Waals surface area contributed by atoms with E-state index in [4.69, 9.17) is 0 Å². The van der Waals surface area contributed by atoms with E-state index in [9.17, 15) is 0 Å². The summed E-state index contributed by atoms with van der Waals surface area (Å²) >= 11 is 0. The zero-order chi connectivity index (χ0) is 4.69. The smallest absolute Gasteiger partial charge is 1.00 e. The van der Waals surface area contributed by atoms with Crippen molar-refractivity contribution in [3.8, 4) is 0 Å². The summed E-state index contributed by atoms with van der Waals surface area (Å²) in [6, 6.07) is 0.